The van der Waals surface area contributed by atoms with Gasteiger partial charge in [-0.3, -0.25) is 14.2 Å². The molecule has 0 aliphatic rings. The summed E-state index contributed by atoms with van der Waals surface area (Å²) in [4.78, 5) is 38.3. The number of carbonyl (C=O) groups is 1. The van der Waals surface area contributed by atoms with Crippen LogP contribution < -0.4 is 21.5 Å². The minimum atomic E-state index is -0.615. The van der Waals surface area contributed by atoms with Crippen LogP contribution in [-0.4, -0.2) is 28.1 Å². The molecule has 2 rings (SSSR count). The third kappa shape index (κ3) is 3.40. The molecular weight excluding hydrogens is 308 g/mol. The van der Waals surface area contributed by atoms with Crippen molar-refractivity contribution >= 4 is 17.3 Å². The quantitative estimate of drug-likeness (QED) is 0.893. The molecule has 0 saturated carbocycles. The van der Waals surface area contributed by atoms with Crippen LogP contribution in [0.2, 0.25) is 0 Å². The summed E-state index contributed by atoms with van der Waals surface area (Å²) in [5.74, 6) is -0.540. The highest BCUT2D eigenvalue weighted by Gasteiger charge is 2.15. The van der Waals surface area contributed by atoms with Crippen LogP contribution in [0.3, 0.4) is 0 Å². The Morgan fingerprint density at radius 2 is 1.67 bits per heavy atom. The molecule has 1 aromatic heterocycles. The molecule has 1 N–H and O–H groups in total. The van der Waals surface area contributed by atoms with Crippen molar-refractivity contribution in [1.29, 1.82) is 0 Å². The maximum absolute atomic E-state index is 12.3. The minimum absolute atomic E-state index is 0.0765. The second-order valence-corrected chi connectivity index (χ2v) is 5.47. The van der Waals surface area contributed by atoms with E-state index in [9.17, 15) is 14.4 Å². The number of hydrogen-bond donors (Lipinski definition) is 1. The predicted octanol–water partition coefficient (Wildman–Crippen LogP) is 1.18. The predicted molar refractivity (Wildman–Crippen MR) is 94.9 cm³/mol. The van der Waals surface area contributed by atoms with Crippen molar-refractivity contribution in [2.24, 2.45) is 14.1 Å². The number of carbonyl (C=O) groups excluding carboxylic acids is 1. The smallest absolute Gasteiger partial charge is 0.330 e. The van der Waals surface area contributed by atoms with Crippen molar-refractivity contribution in [3.05, 3.63) is 56.9 Å². The summed E-state index contributed by atoms with van der Waals surface area (Å²) in [6.07, 6.45) is 1.25. The van der Waals surface area contributed by atoms with Gasteiger partial charge in [0.25, 0.3) is 11.5 Å². The van der Waals surface area contributed by atoms with Crippen molar-refractivity contribution < 1.29 is 4.79 Å². The van der Waals surface area contributed by atoms with Crippen molar-refractivity contribution in [3.8, 4) is 0 Å². The number of aromatic nitrogens is 2. The molecule has 2 aromatic rings. The molecule has 7 nitrogen and oxygen atoms in total. The summed E-state index contributed by atoms with van der Waals surface area (Å²) >= 11 is 0. The van der Waals surface area contributed by atoms with Crippen LogP contribution in [-0.2, 0) is 14.1 Å². The van der Waals surface area contributed by atoms with E-state index in [1.807, 2.05) is 12.1 Å². The molecule has 1 amide bonds. The van der Waals surface area contributed by atoms with Gasteiger partial charge in [-0.05, 0) is 38.1 Å². The molecule has 0 spiro atoms. The van der Waals surface area contributed by atoms with Gasteiger partial charge in [-0.25, -0.2) is 4.79 Å². The Morgan fingerprint density at radius 3 is 2.21 bits per heavy atom. The zero-order valence-electron chi connectivity index (χ0n) is 14.4. The monoisotopic (exact) mass is 330 g/mol. The van der Waals surface area contributed by atoms with E-state index in [1.54, 1.807) is 12.1 Å². The number of benzene rings is 1. The fourth-order valence-electron chi connectivity index (χ4n) is 2.51. The van der Waals surface area contributed by atoms with Gasteiger partial charge in [0.15, 0.2) is 0 Å². The molecule has 0 aliphatic heterocycles. The number of aryl methyl sites for hydroxylation is 1. The Hall–Kier alpha value is -2.83. The van der Waals surface area contributed by atoms with Gasteiger partial charge in [0.1, 0.15) is 5.56 Å². The number of rotatable bonds is 5. The molecule has 128 valence electrons. The third-order valence-electron chi connectivity index (χ3n) is 3.94. The standard InChI is InChI=1S/C17H22N4O3/c1-5-21(6-2)13-9-7-12(8-10-13)18-15(22)14-11-19(3)17(24)20(4)16(14)23/h7-11H,5-6H2,1-4H3,(H,18,22). The molecule has 1 aromatic carbocycles. The third-order valence-corrected chi connectivity index (χ3v) is 3.94. The topological polar surface area (TPSA) is 76.3 Å². The Bertz CT molecular complexity index is 846. The Labute approximate surface area is 140 Å². The molecule has 0 fully saturated rings. The van der Waals surface area contributed by atoms with E-state index < -0.39 is 17.2 Å². The average Bonchev–Trinajstić information content (AvgIpc) is 2.58. The van der Waals surface area contributed by atoms with Crippen LogP contribution in [0.25, 0.3) is 0 Å². The zero-order chi connectivity index (χ0) is 17.9. The lowest BCUT2D eigenvalue weighted by Crippen LogP contribution is -2.40. The largest absolute Gasteiger partial charge is 0.372 e. The number of anilines is 2. The van der Waals surface area contributed by atoms with Crippen LogP contribution >= 0.6 is 0 Å². The van der Waals surface area contributed by atoms with E-state index in [2.05, 4.69) is 24.1 Å². The summed E-state index contributed by atoms with van der Waals surface area (Å²) in [6, 6.07) is 7.42. The number of nitrogens with zero attached hydrogens (tertiary/aromatic N) is 3. The van der Waals surface area contributed by atoms with Gasteiger partial charge in [-0.1, -0.05) is 0 Å². The number of amides is 1. The van der Waals surface area contributed by atoms with E-state index in [0.717, 1.165) is 23.3 Å². The first-order chi connectivity index (χ1) is 11.4. The molecule has 24 heavy (non-hydrogen) atoms. The molecule has 0 aliphatic carbocycles. The summed E-state index contributed by atoms with van der Waals surface area (Å²) in [7, 11) is 2.84. The van der Waals surface area contributed by atoms with E-state index in [0.29, 0.717) is 5.69 Å². The lowest BCUT2D eigenvalue weighted by atomic mass is 10.2. The number of nitrogens with one attached hydrogen (secondary N) is 1. The van der Waals surface area contributed by atoms with Gasteiger partial charge in [-0.2, -0.15) is 0 Å². The van der Waals surface area contributed by atoms with E-state index in [-0.39, 0.29) is 5.56 Å². The van der Waals surface area contributed by atoms with Crippen LogP contribution in [0, 0.1) is 0 Å². The van der Waals surface area contributed by atoms with E-state index in [1.165, 1.54) is 24.9 Å². The Kier molecular flexibility index (Phi) is 5.23. The molecule has 0 unspecified atom stereocenters. The SMILES string of the molecule is CCN(CC)c1ccc(NC(=O)c2cn(C)c(=O)n(C)c2=O)cc1. The summed E-state index contributed by atoms with van der Waals surface area (Å²) < 4.78 is 2.12. The fourth-order valence-corrected chi connectivity index (χ4v) is 2.51. The summed E-state index contributed by atoms with van der Waals surface area (Å²) in [5.41, 5.74) is 0.491. The molecule has 0 radical (unpaired) electrons. The molecular formula is C17H22N4O3. The van der Waals surface area contributed by atoms with Gasteiger partial charge >= 0.3 is 5.69 Å². The first-order valence-electron chi connectivity index (χ1n) is 7.82. The second kappa shape index (κ2) is 7.16. The molecule has 0 saturated heterocycles. The van der Waals surface area contributed by atoms with Crippen LogP contribution in [0.1, 0.15) is 24.2 Å². The molecule has 0 atom stereocenters. The van der Waals surface area contributed by atoms with E-state index >= 15 is 0 Å². The highest BCUT2D eigenvalue weighted by molar-refractivity contribution is 6.03. The first-order valence-corrected chi connectivity index (χ1v) is 7.82. The van der Waals surface area contributed by atoms with Gasteiger partial charge < -0.3 is 14.8 Å². The Balaban J connectivity index is 2.25. The maximum Gasteiger partial charge on any atom is 0.330 e. The van der Waals surface area contributed by atoms with Crippen molar-refractivity contribution in [2.45, 2.75) is 13.8 Å². The highest BCUT2D eigenvalue weighted by Crippen LogP contribution is 2.17. The summed E-state index contributed by atoms with van der Waals surface area (Å²) in [5, 5.41) is 2.69. The normalized spacial score (nSPS) is 10.5. The zero-order valence-corrected chi connectivity index (χ0v) is 14.4. The van der Waals surface area contributed by atoms with Gasteiger partial charge in [0, 0.05) is 44.8 Å². The minimum Gasteiger partial charge on any atom is -0.372 e. The average molecular weight is 330 g/mol. The van der Waals surface area contributed by atoms with Gasteiger partial charge in [0.2, 0.25) is 0 Å². The van der Waals surface area contributed by atoms with Crippen LogP contribution in [0.4, 0.5) is 11.4 Å². The van der Waals surface area contributed by atoms with Crippen LogP contribution in [0.15, 0.2) is 40.1 Å². The van der Waals surface area contributed by atoms with Crippen LogP contribution in [0.5, 0.6) is 0 Å². The first kappa shape index (κ1) is 17.5. The van der Waals surface area contributed by atoms with E-state index in [4.69, 9.17) is 0 Å². The lowest BCUT2D eigenvalue weighted by molar-refractivity contribution is 0.102. The Morgan fingerprint density at radius 1 is 1.08 bits per heavy atom. The maximum atomic E-state index is 12.3. The number of hydrogen-bond acceptors (Lipinski definition) is 4. The highest BCUT2D eigenvalue weighted by atomic mass is 16.2. The molecule has 7 heteroatoms. The van der Waals surface area contributed by atoms with Gasteiger partial charge in [0.05, 0.1) is 0 Å². The fraction of sp³-hybridized carbons (Fsp3) is 0.353. The van der Waals surface area contributed by atoms with Crippen molar-refractivity contribution in [1.82, 2.24) is 9.13 Å². The molecule has 1 heterocycles. The summed E-state index contributed by atoms with van der Waals surface area (Å²) in [6.45, 7) is 5.95. The second-order valence-electron chi connectivity index (χ2n) is 5.47. The van der Waals surface area contributed by atoms with Gasteiger partial charge in [-0.15, -0.1) is 0 Å². The lowest BCUT2D eigenvalue weighted by Gasteiger charge is -2.21. The molecule has 0 bridgehead atoms. The van der Waals surface area contributed by atoms with Crippen molar-refractivity contribution in [2.75, 3.05) is 23.3 Å². The van der Waals surface area contributed by atoms with Crippen molar-refractivity contribution in [3.63, 3.8) is 0 Å².